The number of nitrogen functional groups attached to an aromatic ring is 1. The quantitative estimate of drug-likeness (QED) is 0.242. The van der Waals surface area contributed by atoms with Gasteiger partial charge in [0.2, 0.25) is 5.95 Å². The minimum Gasteiger partial charge on any atom is -0.496 e. The van der Waals surface area contributed by atoms with Gasteiger partial charge in [-0.3, -0.25) is 14.5 Å². The summed E-state index contributed by atoms with van der Waals surface area (Å²) in [5.41, 5.74) is 11.4. The molecular weight excluding hydrogens is 514 g/mol. The van der Waals surface area contributed by atoms with E-state index in [1.54, 1.807) is 7.11 Å². The van der Waals surface area contributed by atoms with E-state index in [0.29, 0.717) is 18.6 Å². The van der Waals surface area contributed by atoms with Crippen molar-refractivity contribution in [1.29, 1.82) is 0 Å². The summed E-state index contributed by atoms with van der Waals surface area (Å²) in [7, 11) is 3.74. The molecule has 0 bridgehead atoms. The lowest BCUT2D eigenvalue weighted by atomic mass is 10.0. The Hall–Kier alpha value is -3.63. The topological polar surface area (TPSA) is 102 Å². The Morgan fingerprint density at radius 1 is 1.12 bits per heavy atom. The molecule has 0 amide bonds. The summed E-state index contributed by atoms with van der Waals surface area (Å²) < 4.78 is 10.00. The van der Waals surface area contributed by atoms with E-state index in [1.165, 1.54) is 24.0 Å². The first kappa shape index (κ1) is 28.9. The second kappa shape index (κ2) is 12.9. The average Bonchev–Trinajstić information content (AvgIpc) is 3.57. The average molecular weight is 560 g/mol. The van der Waals surface area contributed by atoms with E-state index in [-0.39, 0.29) is 5.95 Å². The number of ether oxygens (including phenoxy) is 1. The van der Waals surface area contributed by atoms with Gasteiger partial charge in [-0.05, 0) is 38.0 Å². The smallest absolute Gasteiger partial charge is 0.222 e. The van der Waals surface area contributed by atoms with Crippen LogP contribution in [-0.2, 0) is 20.1 Å². The first-order chi connectivity index (χ1) is 19.9. The highest BCUT2D eigenvalue weighted by molar-refractivity contribution is 5.87. The van der Waals surface area contributed by atoms with Gasteiger partial charge in [-0.25, -0.2) is 4.98 Å². The lowest BCUT2D eigenvalue weighted by Gasteiger charge is -2.43. The summed E-state index contributed by atoms with van der Waals surface area (Å²) in [6.45, 7) is 12.2. The van der Waals surface area contributed by atoms with Gasteiger partial charge >= 0.3 is 0 Å². The van der Waals surface area contributed by atoms with Crippen molar-refractivity contribution in [3.63, 3.8) is 0 Å². The molecule has 0 aliphatic carbocycles. The molecule has 4 aromatic rings. The van der Waals surface area contributed by atoms with Crippen molar-refractivity contribution in [2.75, 3.05) is 44.3 Å². The molecule has 1 saturated heterocycles. The van der Waals surface area contributed by atoms with Gasteiger partial charge in [0.05, 0.1) is 31.4 Å². The fourth-order valence-electron chi connectivity index (χ4n) is 5.83. The first-order valence-corrected chi connectivity index (χ1v) is 14.8. The minimum atomic E-state index is 0.286. The number of methoxy groups -OCH3 is 1. The van der Waals surface area contributed by atoms with Crippen molar-refractivity contribution in [3.05, 3.63) is 59.5 Å². The lowest BCUT2D eigenvalue weighted by molar-refractivity contribution is 0.0506. The monoisotopic (exact) mass is 559 g/mol. The van der Waals surface area contributed by atoms with Gasteiger partial charge in [0.25, 0.3) is 0 Å². The van der Waals surface area contributed by atoms with Gasteiger partial charge in [-0.15, -0.1) is 0 Å². The molecular formula is C31H45N9O. The van der Waals surface area contributed by atoms with Gasteiger partial charge in [0.1, 0.15) is 11.3 Å². The number of piperazine rings is 1. The molecule has 1 aromatic carbocycles. The molecule has 3 aromatic heterocycles. The summed E-state index contributed by atoms with van der Waals surface area (Å²) >= 11 is 0. The maximum absolute atomic E-state index is 6.02. The third kappa shape index (κ3) is 6.65. The molecule has 4 heterocycles. The lowest BCUT2D eigenvalue weighted by Crippen LogP contribution is -2.50. The normalized spacial score (nSPS) is 16.6. The second-order valence-electron chi connectivity index (χ2n) is 11.4. The van der Waals surface area contributed by atoms with Crippen LogP contribution < -0.4 is 15.8 Å². The molecule has 3 N–H and O–H groups in total. The highest BCUT2D eigenvalue weighted by atomic mass is 16.5. The zero-order valence-corrected chi connectivity index (χ0v) is 25.2. The van der Waals surface area contributed by atoms with Crippen LogP contribution >= 0.6 is 0 Å². The van der Waals surface area contributed by atoms with E-state index in [4.69, 9.17) is 10.5 Å². The standard InChI is InChI=1S/C31H45N9O/c1-6-7-8-12-33-30-29-26(35-31(32)36-30)11-13-40(29)20-24-10-9-23(16-28(24)41-5)18-39-15-14-38(22(2)3)21-27(39)25-17-34-37(4)19-25/h9-11,13,16-17,19,22,27H,6-8,12,14-15,18,20-21H2,1-5H3,(H3,32,33,35,36). The summed E-state index contributed by atoms with van der Waals surface area (Å²) in [6, 6.07) is 9.43. The number of anilines is 2. The number of hydrogen-bond acceptors (Lipinski definition) is 8. The van der Waals surface area contributed by atoms with Gasteiger partial charge < -0.3 is 20.4 Å². The number of nitrogens with two attached hydrogens (primary N) is 1. The Kier molecular flexibility index (Phi) is 9.09. The SMILES string of the molecule is CCCCCNc1nc(N)nc2ccn(Cc3ccc(CN4CCN(C(C)C)CC4c4cnn(C)c4)cc3OC)c12. The van der Waals surface area contributed by atoms with Crippen molar-refractivity contribution >= 4 is 22.8 Å². The van der Waals surface area contributed by atoms with Crippen LogP contribution in [0.1, 0.15) is 62.8 Å². The number of benzene rings is 1. The maximum Gasteiger partial charge on any atom is 0.222 e. The highest BCUT2D eigenvalue weighted by Crippen LogP contribution is 2.31. The van der Waals surface area contributed by atoms with Crippen molar-refractivity contribution in [3.8, 4) is 5.75 Å². The van der Waals surface area contributed by atoms with Crippen molar-refractivity contribution in [2.45, 2.75) is 65.2 Å². The minimum absolute atomic E-state index is 0.286. The zero-order valence-electron chi connectivity index (χ0n) is 25.2. The third-order valence-electron chi connectivity index (χ3n) is 8.14. The Bertz CT molecular complexity index is 1440. The van der Waals surface area contributed by atoms with Gasteiger partial charge in [-0.1, -0.05) is 31.9 Å². The van der Waals surface area contributed by atoms with E-state index in [0.717, 1.165) is 67.3 Å². The first-order valence-electron chi connectivity index (χ1n) is 14.8. The molecule has 1 fully saturated rings. The predicted molar refractivity (Wildman–Crippen MR) is 165 cm³/mol. The number of aromatic nitrogens is 5. The van der Waals surface area contributed by atoms with Crippen LogP contribution in [0.15, 0.2) is 42.9 Å². The van der Waals surface area contributed by atoms with Crippen LogP contribution in [0.4, 0.5) is 11.8 Å². The van der Waals surface area contributed by atoms with Crippen molar-refractivity contribution in [1.82, 2.24) is 34.1 Å². The molecule has 41 heavy (non-hydrogen) atoms. The molecule has 0 spiro atoms. The number of nitrogens with zero attached hydrogens (tertiary/aromatic N) is 7. The van der Waals surface area contributed by atoms with Crippen LogP contribution in [0.5, 0.6) is 5.75 Å². The van der Waals surface area contributed by atoms with E-state index in [9.17, 15) is 0 Å². The number of aryl methyl sites for hydroxylation is 1. The van der Waals surface area contributed by atoms with Crippen LogP contribution in [-0.4, -0.2) is 73.4 Å². The second-order valence-corrected chi connectivity index (χ2v) is 11.4. The van der Waals surface area contributed by atoms with E-state index in [2.05, 4.69) is 86.1 Å². The summed E-state index contributed by atoms with van der Waals surface area (Å²) in [5.74, 6) is 1.96. The van der Waals surface area contributed by atoms with Gasteiger partial charge in [-0.2, -0.15) is 10.1 Å². The van der Waals surface area contributed by atoms with E-state index < -0.39 is 0 Å². The zero-order chi connectivity index (χ0) is 28.9. The van der Waals surface area contributed by atoms with Crippen molar-refractivity contribution in [2.24, 2.45) is 7.05 Å². The molecule has 10 heteroatoms. The number of fused-ring (bicyclic) bond motifs is 1. The number of hydrogen-bond donors (Lipinski definition) is 2. The molecule has 0 radical (unpaired) electrons. The Morgan fingerprint density at radius 2 is 1.98 bits per heavy atom. The Morgan fingerprint density at radius 3 is 2.71 bits per heavy atom. The fraction of sp³-hybridized carbons (Fsp3) is 0.516. The van der Waals surface area contributed by atoms with Crippen molar-refractivity contribution < 1.29 is 4.74 Å². The Labute approximate surface area is 243 Å². The number of nitrogens with one attached hydrogen (secondary N) is 1. The van der Waals surface area contributed by atoms with Crippen LogP contribution in [0.3, 0.4) is 0 Å². The molecule has 1 aliphatic rings. The molecule has 1 unspecified atom stereocenters. The molecule has 0 saturated carbocycles. The number of rotatable bonds is 12. The predicted octanol–water partition coefficient (Wildman–Crippen LogP) is 4.67. The molecule has 5 rings (SSSR count). The highest BCUT2D eigenvalue weighted by Gasteiger charge is 2.30. The van der Waals surface area contributed by atoms with Gasteiger partial charge in [0.15, 0.2) is 5.82 Å². The van der Waals surface area contributed by atoms with Crippen LogP contribution in [0, 0.1) is 0 Å². The van der Waals surface area contributed by atoms with E-state index in [1.807, 2.05) is 24.0 Å². The summed E-state index contributed by atoms with van der Waals surface area (Å²) in [5, 5.41) is 7.95. The number of unbranched alkanes of at least 4 members (excludes halogenated alkanes) is 2. The largest absolute Gasteiger partial charge is 0.496 e. The molecule has 1 atom stereocenters. The fourth-order valence-corrected chi connectivity index (χ4v) is 5.83. The summed E-state index contributed by atoms with van der Waals surface area (Å²) in [6.07, 6.45) is 9.65. The maximum atomic E-state index is 6.02. The summed E-state index contributed by atoms with van der Waals surface area (Å²) in [4.78, 5) is 14.1. The van der Waals surface area contributed by atoms with E-state index >= 15 is 0 Å². The van der Waals surface area contributed by atoms with Crippen LogP contribution in [0.2, 0.25) is 0 Å². The molecule has 10 nitrogen and oxygen atoms in total. The van der Waals surface area contributed by atoms with Crippen LogP contribution in [0.25, 0.3) is 11.0 Å². The Balaban J connectivity index is 1.36. The molecule has 1 aliphatic heterocycles. The third-order valence-corrected chi connectivity index (χ3v) is 8.14. The van der Waals surface area contributed by atoms with Gasteiger partial charge in [0, 0.05) is 69.3 Å². The molecule has 220 valence electrons.